The zero-order valence-corrected chi connectivity index (χ0v) is 14.3. The Morgan fingerprint density at radius 2 is 1.42 bits per heavy atom. The molecule has 130 valence electrons. The number of ether oxygens (including phenoxy) is 2. The molecule has 0 aromatic heterocycles. The third-order valence-electron chi connectivity index (χ3n) is 3.96. The van der Waals surface area contributed by atoms with Gasteiger partial charge in [-0.15, -0.1) is 0 Å². The Balaban J connectivity index is 1.77. The summed E-state index contributed by atoms with van der Waals surface area (Å²) < 4.78 is 10.1. The molecule has 4 nitrogen and oxygen atoms in total. The predicted octanol–water partition coefficient (Wildman–Crippen LogP) is 4.28. The molecule has 3 rings (SSSR count). The van der Waals surface area contributed by atoms with Gasteiger partial charge in [0.15, 0.2) is 0 Å². The molecule has 0 aliphatic heterocycles. The Morgan fingerprint density at radius 3 is 2.12 bits per heavy atom. The third-order valence-corrected chi connectivity index (χ3v) is 3.96. The Labute approximate surface area is 152 Å². The highest BCUT2D eigenvalue weighted by atomic mass is 16.5. The monoisotopic (exact) mass is 346 g/mol. The topological polar surface area (TPSA) is 52.6 Å². The highest BCUT2D eigenvalue weighted by Crippen LogP contribution is 2.19. The molecule has 0 bridgehead atoms. The number of hydrogen-bond donors (Lipinski definition) is 0. The lowest BCUT2D eigenvalue weighted by atomic mass is 10.00. The number of carbonyl (C=O) groups excluding carboxylic acids is 2. The van der Waals surface area contributed by atoms with Crippen LogP contribution in [0.5, 0.6) is 5.75 Å². The fourth-order valence-electron chi connectivity index (χ4n) is 2.63. The second-order valence-electron chi connectivity index (χ2n) is 5.73. The van der Waals surface area contributed by atoms with Gasteiger partial charge in [0.2, 0.25) is 0 Å². The first-order chi connectivity index (χ1) is 12.7. The first kappa shape index (κ1) is 17.4. The molecule has 0 atom stereocenters. The van der Waals surface area contributed by atoms with Gasteiger partial charge in [0.1, 0.15) is 5.75 Å². The van der Waals surface area contributed by atoms with Crippen LogP contribution in [0.3, 0.4) is 0 Å². The van der Waals surface area contributed by atoms with Crippen LogP contribution in [0.4, 0.5) is 0 Å². The molecule has 0 N–H and O–H groups in total. The van der Waals surface area contributed by atoms with E-state index in [1.54, 1.807) is 30.3 Å². The molecule has 0 aliphatic carbocycles. The van der Waals surface area contributed by atoms with Crippen LogP contribution in [0.15, 0.2) is 78.9 Å². The Hall–Kier alpha value is -3.40. The molecule has 0 amide bonds. The van der Waals surface area contributed by atoms with E-state index in [9.17, 15) is 9.59 Å². The number of hydrogen-bond acceptors (Lipinski definition) is 4. The van der Waals surface area contributed by atoms with Crippen LogP contribution in [0.2, 0.25) is 0 Å². The van der Waals surface area contributed by atoms with Crippen LogP contribution < -0.4 is 4.74 Å². The van der Waals surface area contributed by atoms with Crippen molar-refractivity contribution >= 4 is 11.9 Å². The molecule has 26 heavy (non-hydrogen) atoms. The second kappa shape index (κ2) is 8.12. The van der Waals surface area contributed by atoms with Crippen LogP contribution in [-0.4, -0.2) is 19.0 Å². The highest BCUT2D eigenvalue weighted by molar-refractivity contribution is 5.93. The fourth-order valence-corrected chi connectivity index (χ4v) is 2.63. The van der Waals surface area contributed by atoms with Gasteiger partial charge in [0.05, 0.1) is 18.2 Å². The Kier molecular flexibility index (Phi) is 5.44. The molecule has 3 aromatic carbocycles. The summed E-state index contributed by atoms with van der Waals surface area (Å²) in [5.74, 6) is -0.490. The van der Waals surface area contributed by atoms with Gasteiger partial charge in [-0.2, -0.15) is 0 Å². The van der Waals surface area contributed by atoms with Gasteiger partial charge in [-0.05, 0) is 47.9 Å². The minimum absolute atomic E-state index is 0.372. The number of benzene rings is 3. The first-order valence-electron chi connectivity index (χ1n) is 8.20. The summed E-state index contributed by atoms with van der Waals surface area (Å²) in [6, 6.07) is 23.6. The number of methoxy groups -OCH3 is 1. The van der Waals surface area contributed by atoms with Crippen molar-refractivity contribution in [3.63, 3.8) is 0 Å². The summed E-state index contributed by atoms with van der Waals surface area (Å²) >= 11 is 0. The molecule has 0 saturated carbocycles. The van der Waals surface area contributed by atoms with Crippen molar-refractivity contribution in [3.8, 4) is 5.75 Å². The summed E-state index contributed by atoms with van der Waals surface area (Å²) in [5, 5.41) is 0. The van der Waals surface area contributed by atoms with E-state index >= 15 is 0 Å². The average molecular weight is 346 g/mol. The van der Waals surface area contributed by atoms with Crippen molar-refractivity contribution in [2.24, 2.45) is 0 Å². The van der Waals surface area contributed by atoms with Crippen LogP contribution >= 0.6 is 0 Å². The summed E-state index contributed by atoms with van der Waals surface area (Å²) in [6.07, 6.45) is 0.646. The minimum Gasteiger partial charge on any atom is -0.465 e. The Bertz CT molecular complexity index is 899. The van der Waals surface area contributed by atoms with Gasteiger partial charge < -0.3 is 9.47 Å². The number of rotatable bonds is 5. The lowest BCUT2D eigenvalue weighted by Crippen LogP contribution is -2.12. The SMILES string of the molecule is COC(=O)c1ccc(OC(=O)c2ccccc2Cc2ccccc2)cc1. The molecule has 0 spiro atoms. The van der Waals surface area contributed by atoms with Crippen molar-refractivity contribution in [2.75, 3.05) is 7.11 Å². The smallest absolute Gasteiger partial charge is 0.343 e. The summed E-state index contributed by atoms with van der Waals surface area (Å²) in [5.41, 5.74) is 2.94. The molecule has 4 heteroatoms. The van der Waals surface area contributed by atoms with Gasteiger partial charge >= 0.3 is 11.9 Å². The molecule has 0 unspecified atom stereocenters. The quantitative estimate of drug-likeness (QED) is 0.511. The van der Waals surface area contributed by atoms with Crippen molar-refractivity contribution in [2.45, 2.75) is 6.42 Å². The van der Waals surface area contributed by atoms with Crippen molar-refractivity contribution < 1.29 is 19.1 Å². The molecular formula is C22H18O4. The second-order valence-corrected chi connectivity index (χ2v) is 5.73. The maximum atomic E-state index is 12.6. The normalized spacial score (nSPS) is 10.2. The average Bonchev–Trinajstić information content (AvgIpc) is 2.69. The maximum absolute atomic E-state index is 12.6. The van der Waals surface area contributed by atoms with E-state index in [1.165, 1.54) is 7.11 Å². The summed E-state index contributed by atoms with van der Waals surface area (Å²) in [7, 11) is 1.32. The van der Waals surface area contributed by atoms with Gasteiger partial charge in [-0.3, -0.25) is 0 Å². The fraction of sp³-hybridized carbons (Fsp3) is 0.0909. The van der Waals surface area contributed by atoms with E-state index in [4.69, 9.17) is 4.74 Å². The van der Waals surface area contributed by atoms with Crippen LogP contribution in [0.1, 0.15) is 31.8 Å². The summed E-state index contributed by atoms with van der Waals surface area (Å²) in [6.45, 7) is 0. The molecule has 0 radical (unpaired) electrons. The lowest BCUT2D eigenvalue weighted by molar-refractivity contribution is 0.0600. The van der Waals surface area contributed by atoms with Crippen LogP contribution in [-0.2, 0) is 11.2 Å². The number of esters is 2. The Morgan fingerprint density at radius 1 is 0.769 bits per heavy atom. The van der Waals surface area contributed by atoms with Crippen molar-refractivity contribution in [3.05, 3.63) is 101 Å². The van der Waals surface area contributed by atoms with E-state index in [1.807, 2.05) is 48.5 Å². The zero-order valence-electron chi connectivity index (χ0n) is 14.3. The van der Waals surface area contributed by atoms with Gasteiger partial charge in [0.25, 0.3) is 0 Å². The molecular weight excluding hydrogens is 328 g/mol. The largest absolute Gasteiger partial charge is 0.465 e. The van der Waals surface area contributed by atoms with E-state index in [0.29, 0.717) is 23.3 Å². The summed E-state index contributed by atoms with van der Waals surface area (Å²) in [4.78, 5) is 24.0. The van der Waals surface area contributed by atoms with Gasteiger partial charge in [-0.25, -0.2) is 9.59 Å². The van der Waals surface area contributed by atoms with Gasteiger partial charge in [0, 0.05) is 0 Å². The maximum Gasteiger partial charge on any atom is 0.343 e. The van der Waals surface area contributed by atoms with Crippen LogP contribution in [0, 0.1) is 0 Å². The van der Waals surface area contributed by atoms with Crippen molar-refractivity contribution in [1.82, 2.24) is 0 Å². The molecule has 0 saturated heterocycles. The zero-order chi connectivity index (χ0) is 18.4. The molecule has 3 aromatic rings. The minimum atomic E-state index is -0.434. The van der Waals surface area contributed by atoms with Gasteiger partial charge in [-0.1, -0.05) is 48.5 Å². The van der Waals surface area contributed by atoms with Crippen molar-refractivity contribution in [1.29, 1.82) is 0 Å². The molecule has 0 heterocycles. The highest BCUT2D eigenvalue weighted by Gasteiger charge is 2.14. The lowest BCUT2D eigenvalue weighted by Gasteiger charge is -2.10. The first-order valence-corrected chi connectivity index (χ1v) is 8.20. The molecule has 0 aliphatic rings. The van der Waals surface area contributed by atoms with E-state index in [2.05, 4.69) is 4.74 Å². The predicted molar refractivity (Wildman–Crippen MR) is 98.4 cm³/mol. The van der Waals surface area contributed by atoms with Crippen LogP contribution in [0.25, 0.3) is 0 Å². The molecule has 0 fully saturated rings. The third kappa shape index (κ3) is 4.16. The standard InChI is InChI=1S/C22H18O4/c1-25-21(23)17-11-13-19(14-12-17)26-22(24)20-10-6-5-9-18(20)15-16-7-3-2-4-8-16/h2-14H,15H2,1H3. The van der Waals surface area contributed by atoms with E-state index in [0.717, 1.165) is 11.1 Å². The van der Waals surface area contributed by atoms with E-state index < -0.39 is 11.9 Å². The van der Waals surface area contributed by atoms with E-state index in [-0.39, 0.29) is 0 Å². The number of carbonyl (C=O) groups is 2.